The predicted molar refractivity (Wildman–Crippen MR) is 118 cm³/mol. The first-order valence-electron chi connectivity index (χ1n) is 9.74. The van der Waals surface area contributed by atoms with Crippen LogP contribution < -0.4 is 21.7 Å². The van der Waals surface area contributed by atoms with Crippen LogP contribution in [0.2, 0.25) is 0 Å². The molecular weight excluding hydrogens is 424 g/mol. The lowest BCUT2D eigenvalue weighted by molar-refractivity contribution is -0.141. The summed E-state index contributed by atoms with van der Waals surface area (Å²) in [7, 11) is 0. The molecule has 172 valence electrons. The fourth-order valence-corrected chi connectivity index (χ4v) is 2.76. The Labute approximate surface area is 186 Å². The maximum atomic E-state index is 12.8. The molecule has 3 amide bonds. The number of rotatable bonds is 11. The number of carbonyl (C=O) groups is 4. The Morgan fingerprint density at radius 2 is 1.48 bits per heavy atom. The van der Waals surface area contributed by atoms with E-state index in [-0.39, 0.29) is 23.8 Å². The molecule has 1 rings (SSSR count). The minimum absolute atomic E-state index is 0.0538. The Bertz CT molecular complexity index is 786. The van der Waals surface area contributed by atoms with Crippen LogP contribution in [0.5, 0.6) is 5.75 Å². The van der Waals surface area contributed by atoms with Gasteiger partial charge in [0.2, 0.25) is 17.7 Å². The maximum absolute atomic E-state index is 12.8. The van der Waals surface area contributed by atoms with Gasteiger partial charge in [-0.15, -0.1) is 0 Å². The number of hydrogen-bond acceptors (Lipinski definition) is 7. The molecule has 31 heavy (non-hydrogen) atoms. The van der Waals surface area contributed by atoms with Gasteiger partial charge in [0.1, 0.15) is 23.9 Å². The van der Waals surface area contributed by atoms with Gasteiger partial charge in [0.15, 0.2) is 0 Å². The molecular formula is C20H30N4O6S. The normalized spacial score (nSPS) is 14.8. The van der Waals surface area contributed by atoms with Crippen LogP contribution in [-0.4, -0.2) is 63.8 Å². The molecule has 10 nitrogen and oxygen atoms in total. The van der Waals surface area contributed by atoms with Gasteiger partial charge in [-0.2, -0.15) is 12.6 Å². The van der Waals surface area contributed by atoms with Gasteiger partial charge < -0.3 is 31.9 Å². The number of carbonyl (C=O) groups excluding carboxylic acids is 3. The first kappa shape index (κ1) is 26.2. The highest BCUT2D eigenvalue weighted by atomic mass is 32.1. The number of carboxylic acids is 1. The first-order chi connectivity index (χ1) is 14.5. The van der Waals surface area contributed by atoms with Crippen LogP contribution >= 0.6 is 12.6 Å². The smallest absolute Gasteiger partial charge is 0.327 e. The predicted octanol–water partition coefficient (Wildman–Crippen LogP) is -0.593. The topological polar surface area (TPSA) is 171 Å². The van der Waals surface area contributed by atoms with Gasteiger partial charge in [0.25, 0.3) is 0 Å². The number of amides is 3. The van der Waals surface area contributed by atoms with Gasteiger partial charge in [-0.3, -0.25) is 14.4 Å². The quantitative estimate of drug-likeness (QED) is 0.219. The minimum Gasteiger partial charge on any atom is -0.508 e. The van der Waals surface area contributed by atoms with E-state index in [4.69, 9.17) is 10.8 Å². The molecule has 0 saturated carbocycles. The fraction of sp³-hybridized carbons (Fsp3) is 0.500. The Morgan fingerprint density at radius 1 is 0.935 bits per heavy atom. The van der Waals surface area contributed by atoms with Crippen molar-refractivity contribution >= 4 is 36.3 Å². The molecule has 0 radical (unpaired) electrons. The average Bonchev–Trinajstić information content (AvgIpc) is 2.71. The van der Waals surface area contributed by atoms with Crippen LogP contribution in [0.15, 0.2) is 24.3 Å². The van der Waals surface area contributed by atoms with Crippen LogP contribution in [0, 0.1) is 5.92 Å². The van der Waals surface area contributed by atoms with E-state index in [1.165, 1.54) is 19.1 Å². The molecule has 0 aromatic heterocycles. The zero-order valence-corrected chi connectivity index (χ0v) is 18.6. The molecule has 1 aromatic rings. The number of benzene rings is 1. The van der Waals surface area contributed by atoms with Crippen molar-refractivity contribution in [2.45, 2.75) is 51.4 Å². The second-order valence-corrected chi connectivity index (χ2v) is 7.88. The second kappa shape index (κ2) is 12.2. The summed E-state index contributed by atoms with van der Waals surface area (Å²) in [6.07, 6.45) is 0.0887. The molecule has 4 atom stereocenters. The summed E-state index contributed by atoms with van der Waals surface area (Å²) in [5, 5.41) is 25.8. The summed E-state index contributed by atoms with van der Waals surface area (Å²) in [4.78, 5) is 48.5. The minimum atomic E-state index is -1.25. The van der Waals surface area contributed by atoms with E-state index in [2.05, 4.69) is 28.6 Å². The number of carboxylic acid groups (broad SMARTS) is 1. The van der Waals surface area contributed by atoms with Crippen LogP contribution in [0.4, 0.5) is 0 Å². The highest BCUT2D eigenvalue weighted by molar-refractivity contribution is 7.80. The number of nitrogens with two attached hydrogens (primary N) is 1. The number of aromatic hydroxyl groups is 1. The fourth-order valence-electron chi connectivity index (χ4n) is 2.51. The number of hydrogen-bond donors (Lipinski definition) is 7. The second-order valence-electron chi connectivity index (χ2n) is 7.51. The van der Waals surface area contributed by atoms with Gasteiger partial charge in [0.05, 0.1) is 6.04 Å². The summed E-state index contributed by atoms with van der Waals surface area (Å²) in [5.41, 5.74) is 6.53. The Hall–Kier alpha value is -2.79. The van der Waals surface area contributed by atoms with Crippen LogP contribution in [0.1, 0.15) is 26.3 Å². The van der Waals surface area contributed by atoms with E-state index < -0.39 is 47.9 Å². The third-order valence-corrected chi connectivity index (χ3v) is 4.94. The molecule has 0 bridgehead atoms. The van der Waals surface area contributed by atoms with Crippen molar-refractivity contribution < 1.29 is 29.4 Å². The van der Waals surface area contributed by atoms with Gasteiger partial charge >= 0.3 is 5.97 Å². The van der Waals surface area contributed by atoms with Crippen molar-refractivity contribution in [1.82, 2.24) is 16.0 Å². The van der Waals surface area contributed by atoms with Crippen molar-refractivity contribution in [3.05, 3.63) is 29.8 Å². The lowest BCUT2D eigenvalue weighted by Crippen LogP contribution is -2.57. The Balaban J connectivity index is 2.93. The van der Waals surface area contributed by atoms with E-state index in [1.807, 2.05) is 0 Å². The van der Waals surface area contributed by atoms with Crippen LogP contribution in [-0.2, 0) is 25.6 Å². The van der Waals surface area contributed by atoms with E-state index in [1.54, 1.807) is 26.0 Å². The third kappa shape index (κ3) is 8.46. The Morgan fingerprint density at radius 3 is 1.97 bits per heavy atom. The average molecular weight is 455 g/mol. The molecule has 0 spiro atoms. The number of thiol groups is 1. The summed E-state index contributed by atoms with van der Waals surface area (Å²) < 4.78 is 0. The summed E-state index contributed by atoms with van der Waals surface area (Å²) in [6.45, 7) is 4.93. The van der Waals surface area contributed by atoms with Crippen molar-refractivity contribution in [2.75, 3.05) is 5.75 Å². The molecule has 4 unspecified atom stereocenters. The molecule has 7 N–H and O–H groups in total. The number of phenolic OH excluding ortho intramolecular Hbond substituents is 1. The molecule has 0 aliphatic rings. The number of aliphatic carboxylic acids is 1. The highest BCUT2D eigenvalue weighted by Gasteiger charge is 2.28. The van der Waals surface area contributed by atoms with Gasteiger partial charge in [-0.25, -0.2) is 4.79 Å². The lowest BCUT2D eigenvalue weighted by Gasteiger charge is -2.24. The number of nitrogens with one attached hydrogen (secondary N) is 3. The zero-order chi connectivity index (χ0) is 23.7. The first-order valence-corrected chi connectivity index (χ1v) is 10.4. The molecule has 11 heteroatoms. The van der Waals surface area contributed by atoms with Crippen molar-refractivity contribution in [3.8, 4) is 5.75 Å². The zero-order valence-electron chi connectivity index (χ0n) is 17.7. The molecule has 0 aliphatic carbocycles. The van der Waals surface area contributed by atoms with Gasteiger partial charge in [0, 0.05) is 12.2 Å². The summed E-state index contributed by atoms with van der Waals surface area (Å²) in [6, 6.07) is 1.96. The monoisotopic (exact) mass is 454 g/mol. The third-order valence-electron chi connectivity index (χ3n) is 4.58. The van der Waals surface area contributed by atoms with Crippen LogP contribution in [0.25, 0.3) is 0 Å². The Kier molecular flexibility index (Phi) is 10.3. The van der Waals surface area contributed by atoms with Crippen LogP contribution in [0.3, 0.4) is 0 Å². The van der Waals surface area contributed by atoms with Gasteiger partial charge in [-0.1, -0.05) is 26.0 Å². The standard InChI is InChI=1S/C20H30N4O6S/c1-10(2)16(21)19(28)23-14(8-12-4-6-13(25)7-5-12)18(27)22-11(3)17(26)24-15(9-31)20(29)30/h4-7,10-11,14-16,25,31H,8-9,21H2,1-3H3,(H,22,27)(H,23,28)(H,24,26)(H,29,30). The van der Waals surface area contributed by atoms with Crippen molar-refractivity contribution in [3.63, 3.8) is 0 Å². The van der Waals surface area contributed by atoms with E-state index in [9.17, 15) is 24.3 Å². The maximum Gasteiger partial charge on any atom is 0.327 e. The van der Waals surface area contributed by atoms with E-state index >= 15 is 0 Å². The molecule has 0 heterocycles. The number of phenols is 1. The summed E-state index contributed by atoms with van der Waals surface area (Å²) >= 11 is 3.88. The highest BCUT2D eigenvalue weighted by Crippen LogP contribution is 2.12. The molecule has 1 aromatic carbocycles. The van der Waals surface area contributed by atoms with Crippen molar-refractivity contribution in [2.24, 2.45) is 11.7 Å². The molecule has 0 saturated heterocycles. The van der Waals surface area contributed by atoms with Crippen molar-refractivity contribution in [1.29, 1.82) is 0 Å². The van der Waals surface area contributed by atoms with E-state index in [0.29, 0.717) is 5.56 Å². The van der Waals surface area contributed by atoms with Gasteiger partial charge in [-0.05, 0) is 30.5 Å². The molecule has 0 fully saturated rings. The SMILES string of the molecule is CC(NC(=O)C(Cc1ccc(O)cc1)NC(=O)C(N)C(C)C)C(=O)NC(CS)C(=O)O. The summed E-state index contributed by atoms with van der Waals surface area (Å²) in [5.74, 6) is -3.33. The lowest BCUT2D eigenvalue weighted by atomic mass is 10.0. The van der Waals surface area contributed by atoms with E-state index in [0.717, 1.165) is 0 Å². The largest absolute Gasteiger partial charge is 0.508 e. The molecule has 0 aliphatic heterocycles.